The van der Waals surface area contributed by atoms with Crippen molar-refractivity contribution in [2.75, 3.05) is 11.1 Å². The molecule has 0 bridgehead atoms. The van der Waals surface area contributed by atoms with Gasteiger partial charge in [-0.05, 0) is 23.0 Å². The van der Waals surface area contributed by atoms with Crippen molar-refractivity contribution in [1.82, 2.24) is 9.97 Å². The van der Waals surface area contributed by atoms with E-state index in [1.54, 1.807) is 0 Å². The maximum atomic E-state index is 6.01. The molecule has 2 aromatic rings. The molecule has 2 rings (SSSR count). The lowest BCUT2D eigenvalue weighted by Gasteiger charge is -2.24. The van der Waals surface area contributed by atoms with E-state index in [-0.39, 0.29) is 11.3 Å². The van der Waals surface area contributed by atoms with E-state index in [9.17, 15) is 0 Å². The molecule has 0 aliphatic rings. The van der Waals surface area contributed by atoms with Gasteiger partial charge in [-0.15, -0.1) is 0 Å². The summed E-state index contributed by atoms with van der Waals surface area (Å²) >= 11 is 0. The fraction of sp³-hybridized carbons (Fsp3) is 0.412. The molecule has 4 nitrogen and oxygen atoms in total. The quantitative estimate of drug-likeness (QED) is 0.885. The van der Waals surface area contributed by atoms with Crippen LogP contribution in [0, 0.1) is 0 Å². The number of nitrogens with two attached hydrogens (primary N) is 1. The van der Waals surface area contributed by atoms with E-state index in [0.717, 1.165) is 17.1 Å². The second-order valence-electron chi connectivity index (χ2n) is 6.60. The average Bonchev–Trinajstić information content (AvgIpc) is 2.37. The summed E-state index contributed by atoms with van der Waals surface area (Å²) in [5.41, 5.74) is 9.33. The van der Waals surface area contributed by atoms with Gasteiger partial charge in [0.2, 0.25) is 0 Å². The lowest BCUT2D eigenvalue weighted by Crippen LogP contribution is -2.14. The largest absolute Gasteiger partial charge is 0.383 e. The van der Waals surface area contributed by atoms with Gasteiger partial charge in [-0.3, -0.25) is 0 Å². The Morgan fingerprint density at radius 1 is 1.10 bits per heavy atom. The van der Waals surface area contributed by atoms with Crippen LogP contribution >= 0.6 is 0 Å². The first-order valence-electron chi connectivity index (χ1n) is 7.27. The lowest BCUT2D eigenvalue weighted by molar-refractivity contribution is 0.592. The van der Waals surface area contributed by atoms with Gasteiger partial charge in [-0.25, -0.2) is 9.97 Å². The molecule has 112 valence electrons. The highest BCUT2D eigenvalue weighted by atomic mass is 15.0. The van der Waals surface area contributed by atoms with Gasteiger partial charge in [0.25, 0.3) is 0 Å². The minimum Gasteiger partial charge on any atom is -0.383 e. The van der Waals surface area contributed by atoms with Gasteiger partial charge in [0.15, 0.2) is 0 Å². The van der Waals surface area contributed by atoms with Gasteiger partial charge in [-0.2, -0.15) is 0 Å². The molecule has 0 amide bonds. The molecule has 0 spiro atoms. The Kier molecular flexibility index (Phi) is 4.16. The van der Waals surface area contributed by atoms with E-state index in [0.29, 0.717) is 5.82 Å². The molecule has 3 N–H and O–H groups in total. The number of hydrogen-bond donors (Lipinski definition) is 2. The van der Waals surface area contributed by atoms with E-state index < -0.39 is 0 Å². The van der Waals surface area contributed by atoms with Gasteiger partial charge in [0, 0.05) is 11.3 Å². The van der Waals surface area contributed by atoms with Gasteiger partial charge >= 0.3 is 0 Å². The standard InChI is InChI=1S/C17H24N4/c1-11(2)14-15(18)19-10-20-16(14)21-13-9-7-6-8-12(13)17(3,4)5/h6-11H,1-5H3,(H3,18,19,20,21). The van der Waals surface area contributed by atoms with E-state index in [2.05, 4.69) is 68.1 Å². The van der Waals surface area contributed by atoms with Crippen LogP contribution in [0.1, 0.15) is 51.7 Å². The second-order valence-corrected chi connectivity index (χ2v) is 6.60. The van der Waals surface area contributed by atoms with Gasteiger partial charge in [-0.1, -0.05) is 52.8 Å². The summed E-state index contributed by atoms with van der Waals surface area (Å²) in [5, 5.41) is 3.44. The Morgan fingerprint density at radius 2 is 1.76 bits per heavy atom. The molecule has 0 saturated carbocycles. The molecule has 0 aliphatic heterocycles. The number of nitrogens with zero attached hydrogens (tertiary/aromatic N) is 2. The lowest BCUT2D eigenvalue weighted by atomic mass is 9.86. The average molecular weight is 284 g/mol. The third kappa shape index (κ3) is 3.32. The smallest absolute Gasteiger partial charge is 0.139 e. The number of aromatic nitrogens is 2. The molecule has 21 heavy (non-hydrogen) atoms. The van der Waals surface area contributed by atoms with Gasteiger partial charge < -0.3 is 11.1 Å². The SMILES string of the molecule is CC(C)c1c(N)ncnc1Nc1ccccc1C(C)(C)C. The summed E-state index contributed by atoms with van der Waals surface area (Å²) in [6, 6.07) is 8.30. The predicted molar refractivity (Wildman–Crippen MR) is 89.0 cm³/mol. The number of nitrogen functional groups attached to an aromatic ring is 1. The fourth-order valence-corrected chi connectivity index (χ4v) is 2.45. The predicted octanol–water partition coefficient (Wildman–Crippen LogP) is 4.22. The van der Waals surface area contributed by atoms with Gasteiger partial charge in [0.1, 0.15) is 18.0 Å². The van der Waals surface area contributed by atoms with Crippen molar-refractivity contribution >= 4 is 17.3 Å². The van der Waals surface area contributed by atoms with Crippen LogP contribution in [-0.2, 0) is 5.41 Å². The summed E-state index contributed by atoms with van der Waals surface area (Å²) in [6.07, 6.45) is 1.50. The number of rotatable bonds is 3. The first kappa shape index (κ1) is 15.3. The molecule has 1 aromatic carbocycles. The molecule has 4 heteroatoms. The van der Waals surface area contributed by atoms with Crippen LogP contribution in [0.4, 0.5) is 17.3 Å². The first-order chi connectivity index (χ1) is 9.80. The third-order valence-corrected chi connectivity index (χ3v) is 3.48. The molecular weight excluding hydrogens is 260 g/mol. The minimum atomic E-state index is 0.0557. The summed E-state index contributed by atoms with van der Waals surface area (Å²) in [5.74, 6) is 1.58. The Balaban J connectivity index is 2.47. The normalized spacial score (nSPS) is 11.7. The van der Waals surface area contributed by atoms with Crippen molar-refractivity contribution in [2.45, 2.75) is 46.0 Å². The molecule has 0 atom stereocenters. The maximum Gasteiger partial charge on any atom is 0.139 e. The minimum absolute atomic E-state index is 0.0557. The molecular formula is C17H24N4. The van der Waals surface area contributed by atoms with Crippen molar-refractivity contribution in [2.24, 2.45) is 0 Å². The summed E-state index contributed by atoms with van der Waals surface area (Å²) in [6.45, 7) is 10.8. The van der Waals surface area contributed by atoms with Crippen molar-refractivity contribution in [3.63, 3.8) is 0 Å². The molecule has 0 radical (unpaired) electrons. The number of anilines is 3. The second kappa shape index (κ2) is 5.72. The zero-order valence-corrected chi connectivity index (χ0v) is 13.4. The fourth-order valence-electron chi connectivity index (χ4n) is 2.45. The maximum absolute atomic E-state index is 6.01. The van der Waals surface area contributed by atoms with Crippen molar-refractivity contribution in [1.29, 1.82) is 0 Å². The van der Waals surface area contributed by atoms with Crippen LogP contribution in [0.3, 0.4) is 0 Å². The molecule has 1 heterocycles. The van der Waals surface area contributed by atoms with E-state index in [4.69, 9.17) is 5.73 Å². The van der Waals surface area contributed by atoms with Crippen LogP contribution in [-0.4, -0.2) is 9.97 Å². The van der Waals surface area contributed by atoms with E-state index >= 15 is 0 Å². The number of para-hydroxylation sites is 1. The highest BCUT2D eigenvalue weighted by molar-refractivity contribution is 5.67. The zero-order chi connectivity index (χ0) is 15.6. The Bertz CT molecular complexity index is 627. The zero-order valence-electron chi connectivity index (χ0n) is 13.4. The summed E-state index contributed by atoms with van der Waals surface area (Å²) < 4.78 is 0. The first-order valence-corrected chi connectivity index (χ1v) is 7.27. The van der Waals surface area contributed by atoms with Crippen LogP contribution in [0.25, 0.3) is 0 Å². The van der Waals surface area contributed by atoms with Crippen molar-refractivity contribution in [3.05, 3.63) is 41.7 Å². The van der Waals surface area contributed by atoms with Crippen molar-refractivity contribution in [3.8, 4) is 0 Å². The molecule has 0 unspecified atom stereocenters. The third-order valence-electron chi connectivity index (χ3n) is 3.48. The van der Waals surface area contributed by atoms with Crippen LogP contribution in [0.2, 0.25) is 0 Å². The molecule has 0 aliphatic carbocycles. The highest BCUT2D eigenvalue weighted by Gasteiger charge is 2.19. The molecule has 0 fully saturated rings. The topological polar surface area (TPSA) is 63.8 Å². The Morgan fingerprint density at radius 3 is 2.38 bits per heavy atom. The Labute approximate surface area is 126 Å². The Hall–Kier alpha value is -2.10. The number of hydrogen-bond acceptors (Lipinski definition) is 4. The number of nitrogens with one attached hydrogen (secondary N) is 1. The van der Waals surface area contributed by atoms with Crippen molar-refractivity contribution < 1.29 is 0 Å². The van der Waals surface area contributed by atoms with Gasteiger partial charge in [0.05, 0.1) is 0 Å². The van der Waals surface area contributed by atoms with Crippen LogP contribution in [0.5, 0.6) is 0 Å². The van der Waals surface area contributed by atoms with E-state index in [1.165, 1.54) is 11.9 Å². The summed E-state index contributed by atoms with van der Waals surface area (Å²) in [7, 11) is 0. The van der Waals surface area contributed by atoms with Crippen LogP contribution < -0.4 is 11.1 Å². The molecule has 0 saturated heterocycles. The summed E-state index contributed by atoms with van der Waals surface area (Å²) in [4.78, 5) is 8.48. The highest BCUT2D eigenvalue weighted by Crippen LogP contribution is 2.33. The number of benzene rings is 1. The van der Waals surface area contributed by atoms with Crippen LogP contribution in [0.15, 0.2) is 30.6 Å². The molecule has 1 aromatic heterocycles. The van der Waals surface area contributed by atoms with E-state index in [1.807, 2.05) is 6.07 Å². The monoisotopic (exact) mass is 284 g/mol.